The molecular weight excluding hydrogens is 372 g/mol. The van der Waals surface area contributed by atoms with E-state index in [1.54, 1.807) is 14.0 Å². The summed E-state index contributed by atoms with van der Waals surface area (Å²) in [5.41, 5.74) is 1.52. The molecule has 8 heteroatoms. The van der Waals surface area contributed by atoms with Crippen LogP contribution in [0.15, 0.2) is 32.9 Å². The van der Waals surface area contributed by atoms with Crippen molar-refractivity contribution in [1.82, 2.24) is 14.1 Å². The Bertz CT molecular complexity index is 935. The van der Waals surface area contributed by atoms with E-state index in [1.165, 1.54) is 4.57 Å². The van der Waals surface area contributed by atoms with Crippen molar-refractivity contribution in [3.63, 3.8) is 0 Å². The summed E-state index contributed by atoms with van der Waals surface area (Å²) in [7, 11) is 1.58. The molecule has 2 aromatic heterocycles. The van der Waals surface area contributed by atoms with Gasteiger partial charge in [0.25, 0.3) is 5.56 Å². The van der Waals surface area contributed by atoms with Gasteiger partial charge in [0, 0.05) is 38.5 Å². The maximum Gasteiger partial charge on any atom is 0.332 e. The first-order chi connectivity index (χ1) is 13.7. The predicted octanol–water partition coefficient (Wildman–Crippen LogP) is 2.03. The van der Waals surface area contributed by atoms with Crippen LogP contribution in [0.5, 0.6) is 0 Å². The number of ether oxygens (including phenoxy) is 1. The Kier molecular flexibility index (Phi) is 7.90. The first kappa shape index (κ1) is 22.5. The molecule has 0 aliphatic rings. The van der Waals surface area contributed by atoms with E-state index in [1.807, 2.05) is 39.1 Å². The molecule has 0 amide bonds. The third-order valence-electron chi connectivity index (χ3n) is 4.48. The Labute approximate surface area is 170 Å². The van der Waals surface area contributed by atoms with Gasteiger partial charge in [0.2, 0.25) is 0 Å². The molecule has 0 spiro atoms. The first-order valence-corrected chi connectivity index (χ1v) is 9.81. The molecule has 8 nitrogen and oxygen atoms in total. The normalized spacial score (nSPS) is 11.9. The van der Waals surface area contributed by atoms with Crippen molar-refractivity contribution in [2.75, 3.05) is 6.61 Å². The van der Waals surface area contributed by atoms with Crippen LogP contribution in [0.3, 0.4) is 0 Å². The molecule has 0 saturated carbocycles. The summed E-state index contributed by atoms with van der Waals surface area (Å²) in [4.78, 5) is 34.1. The highest BCUT2D eigenvalue weighted by molar-refractivity contribution is 5.79. The molecule has 158 valence electrons. The molecule has 0 radical (unpaired) electrons. The smallest absolute Gasteiger partial charge is 0.332 e. The van der Waals surface area contributed by atoms with E-state index in [0.717, 1.165) is 15.8 Å². The van der Waals surface area contributed by atoms with E-state index < -0.39 is 11.2 Å². The fraction of sp³-hybridized carbons (Fsp3) is 0.524. The summed E-state index contributed by atoms with van der Waals surface area (Å²) in [6, 6.07) is 3.97. The van der Waals surface area contributed by atoms with Crippen molar-refractivity contribution in [2.45, 2.75) is 59.6 Å². The zero-order valence-corrected chi connectivity index (χ0v) is 17.8. The highest BCUT2D eigenvalue weighted by Gasteiger charge is 2.15. The molecule has 2 rings (SSSR count). The summed E-state index contributed by atoms with van der Waals surface area (Å²) in [5.74, 6) is 0.754. The monoisotopic (exact) mass is 402 g/mol. The molecule has 0 unspecified atom stereocenters. The van der Waals surface area contributed by atoms with Crippen molar-refractivity contribution in [1.29, 1.82) is 0 Å². The summed E-state index contributed by atoms with van der Waals surface area (Å²) < 4.78 is 8.34. The van der Waals surface area contributed by atoms with Gasteiger partial charge in [0.1, 0.15) is 5.82 Å². The Morgan fingerprint density at radius 1 is 1.28 bits per heavy atom. The number of rotatable bonds is 8. The molecule has 0 aromatic carbocycles. The highest BCUT2D eigenvalue weighted by atomic mass is 16.5. The highest BCUT2D eigenvalue weighted by Crippen LogP contribution is 2.15. The Morgan fingerprint density at radius 3 is 2.59 bits per heavy atom. The fourth-order valence-electron chi connectivity index (χ4n) is 2.92. The summed E-state index contributed by atoms with van der Waals surface area (Å²) in [6.45, 7) is 7.47. The number of aryl methyl sites for hydroxylation is 2. The topological polar surface area (TPSA) is 98.7 Å². The zero-order chi connectivity index (χ0) is 21.6. The average Bonchev–Trinajstić information content (AvgIpc) is 2.68. The Morgan fingerprint density at radius 2 is 2.00 bits per heavy atom. The minimum Gasteiger partial charge on any atom is -0.478 e. The first-order valence-electron chi connectivity index (χ1n) is 9.81. The van der Waals surface area contributed by atoms with Gasteiger partial charge in [-0.15, -0.1) is 0 Å². The fourth-order valence-corrected chi connectivity index (χ4v) is 2.92. The number of hydrogen-bond acceptors (Lipinski definition) is 6. The van der Waals surface area contributed by atoms with Crippen LogP contribution in [0.1, 0.15) is 43.5 Å². The second kappa shape index (κ2) is 10.2. The lowest BCUT2D eigenvalue weighted by molar-refractivity contribution is 0.221. The van der Waals surface area contributed by atoms with E-state index in [4.69, 9.17) is 9.84 Å². The maximum atomic E-state index is 12.6. The molecular formula is C21H30N4O4. The second-order valence-electron chi connectivity index (χ2n) is 7.30. The Balaban J connectivity index is 2.40. The summed E-state index contributed by atoms with van der Waals surface area (Å²) >= 11 is 0. The van der Waals surface area contributed by atoms with E-state index >= 15 is 0 Å². The van der Waals surface area contributed by atoms with Crippen molar-refractivity contribution >= 4 is 11.7 Å². The van der Waals surface area contributed by atoms with Crippen LogP contribution >= 0.6 is 0 Å². The van der Waals surface area contributed by atoms with Crippen LogP contribution in [-0.2, 0) is 24.8 Å². The van der Waals surface area contributed by atoms with Gasteiger partial charge in [-0.1, -0.05) is 6.07 Å². The molecule has 0 aliphatic heterocycles. The van der Waals surface area contributed by atoms with Gasteiger partial charge in [0.15, 0.2) is 5.90 Å². The molecule has 0 fully saturated rings. The maximum absolute atomic E-state index is 12.6. The van der Waals surface area contributed by atoms with Gasteiger partial charge >= 0.3 is 5.69 Å². The second-order valence-corrected chi connectivity index (χ2v) is 7.30. The quantitative estimate of drug-likeness (QED) is 0.538. The van der Waals surface area contributed by atoms with Crippen molar-refractivity contribution < 1.29 is 9.84 Å². The average molecular weight is 402 g/mol. The summed E-state index contributed by atoms with van der Waals surface area (Å²) in [5, 5.41) is 9.01. The zero-order valence-electron chi connectivity index (χ0n) is 17.8. The third kappa shape index (κ3) is 5.87. The molecule has 0 aliphatic carbocycles. The predicted molar refractivity (Wildman–Crippen MR) is 113 cm³/mol. The van der Waals surface area contributed by atoms with E-state index in [0.29, 0.717) is 30.7 Å². The van der Waals surface area contributed by atoms with Crippen LogP contribution in [0.25, 0.3) is 0 Å². The number of hydrogen-bond donors (Lipinski definition) is 1. The van der Waals surface area contributed by atoms with Crippen molar-refractivity contribution in [2.24, 2.45) is 12.0 Å². The van der Waals surface area contributed by atoms with E-state index in [2.05, 4.69) is 9.98 Å². The van der Waals surface area contributed by atoms with Crippen molar-refractivity contribution in [3.8, 4) is 0 Å². The minimum absolute atomic E-state index is 0.0885. The van der Waals surface area contributed by atoms with Crippen LogP contribution in [-0.4, -0.2) is 37.8 Å². The minimum atomic E-state index is -0.459. The Hall–Kier alpha value is -2.74. The van der Waals surface area contributed by atoms with E-state index in [9.17, 15) is 9.59 Å². The molecule has 0 bridgehead atoms. The number of aliphatic imine (C=N–C) groups is 1. The van der Waals surface area contributed by atoms with Gasteiger partial charge in [0.05, 0.1) is 11.7 Å². The molecule has 1 N–H and O–H groups in total. The third-order valence-corrected chi connectivity index (χ3v) is 4.48. The molecule has 2 heterocycles. The van der Waals surface area contributed by atoms with Gasteiger partial charge in [-0.3, -0.25) is 18.9 Å². The van der Waals surface area contributed by atoms with Crippen LogP contribution in [0.4, 0.5) is 5.82 Å². The standard InChI is InChI=1S/C21H30N4O4/c1-14(2)29-18(10-9-17-8-7-15(3)22-13-17)23-19-16(4)20(27)25(11-6-12-26)21(28)24(19)5/h7-8,13-14,26H,6,9-12H2,1-5H3. The number of pyridine rings is 1. The molecule has 0 saturated heterocycles. The summed E-state index contributed by atoms with van der Waals surface area (Å²) in [6.07, 6.45) is 3.27. The van der Waals surface area contributed by atoms with Gasteiger partial charge < -0.3 is 9.84 Å². The molecule has 2 aromatic rings. The van der Waals surface area contributed by atoms with Crippen LogP contribution in [0, 0.1) is 13.8 Å². The number of aliphatic hydroxyl groups is 1. The lowest BCUT2D eigenvalue weighted by Crippen LogP contribution is -2.40. The van der Waals surface area contributed by atoms with Crippen molar-refractivity contribution in [3.05, 3.63) is 56.0 Å². The lowest BCUT2D eigenvalue weighted by atomic mass is 10.1. The van der Waals surface area contributed by atoms with Gasteiger partial charge in [-0.05, 0) is 52.2 Å². The largest absolute Gasteiger partial charge is 0.478 e. The number of aliphatic hydroxyl groups excluding tert-OH is 1. The lowest BCUT2D eigenvalue weighted by Gasteiger charge is -2.16. The number of aromatic nitrogens is 3. The SMILES string of the molecule is Cc1ccc(CCC(=Nc2c(C)c(=O)n(CCCO)c(=O)n2C)OC(C)C)cn1. The number of nitrogens with zero attached hydrogens (tertiary/aromatic N) is 4. The van der Waals surface area contributed by atoms with Gasteiger partial charge in [-0.25, -0.2) is 4.79 Å². The molecule has 29 heavy (non-hydrogen) atoms. The molecule has 0 atom stereocenters. The van der Waals surface area contributed by atoms with Crippen LogP contribution < -0.4 is 11.2 Å². The van der Waals surface area contributed by atoms with Crippen LogP contribution in [0.2, 0.25) is 0 Å². The van der Waals surface area contributed by atoms with Gasteiger partial charge in [-0.2, -0.15) is 4.99 Å². The van der Waals surface area contributed by atoms with E-state index in [-0.39, 0.29) is 25.1 Å².